The minimum Gasteiger partial charge on any atom is -0.330 e. The zero-order valence-electron chi connectivity index (χ0n) is 10.1. The van der Waals surface area contributed by atoms with Crippen molar-refractivity contribution in [2.75, 3.05) is 19.6 Å². The zero-order chi connectivity index (χ0) is 10.6. The summed E-state index contributed by atoms with van der Waals surface area (Å²) in [6.07, 6.45) is 5.19. The summed E-state index contributed by atoms with van der Waals surface area (Å²) < 4.78 is 0. The summed E-state index contributed by atoms with van der Waals surface area (Å²) in [5.74, 6) is 0.753. The number of rotatable bonds is 4. The molecular formula is C12H26N2. The smallest absolute Gasteiger partial charge is 0.0156 e. The molecule has 2 heteroatoms. The van der Waals surface area contributed by atoms with Crippen LogP contribution in [-0.4, -0.2) is 30.1 Å². The first-order chi connectivity index (χ1) is 6.60. The normalized spacial score (nSPS) is 27.9. The van der Waals surface area contributed by atoms with Crippen molar-refractivity contribution in [1.82, 2.24) is 4.90 Å². The van der Waals surface area contributed by atoms with Crippen LogP contribution in [0.25, 0.3) is 0 Å². The van der Waals surface area contributed by atoms with Gasteiger partial charge in [0.25, 0.3) is 0 Å². The van der Waals surface area contributed by atoms with Crippen LogP contribution in [0, 0.1) is 5.92 Å². The molecule has 1 saturated heterocycles. The van der Waals surface area contributed by atoms with Gasteiger partial charge in [0.15, 0.2) is 0 Å². The highest BCUT2D eigenvalue weighted by molar-refractivity contribution is 4.89. The second kappa shape index (κ2) is 5.13. The Hall–Kier alpha value is -0.0800. The summed E-state index contributed by atoms with van der Waals surface area (Å²) in [4.78, 5) is 2.64. The molecule has 0 saturated carbocycles. The van der Waals surface area contributed by atoms with E-state index in [-0.39, 0.29) is 0 Å². The predicted octanol–water partition coefficient (Wildman–Crippen LogP) is 2.24. The van der Waals surface area contributed by atoms with Crippen molar-refractivity contribution in [3.8, 4) is 0 Å². The fraction of sp³-hybridized carbons (Fsp3) is 1.00. The lowest BCUT2D eigenvalue weighted by Crippen LogP contribution is -2.51. The van der Waals surface area contributed by atoms with Gasteiger partial charge in [0.2, 0.25) is 0 Å². The second-order valence-corrected chi connectivity index (χ2v) is 5.25. The molecule has 1 aliphatic rings. The summed E-state index contributed by atoms with van der Waals surface area (Å²) in [6, 6.07) is 0. The van der Waals surface area contributed by atoms with E-state index in [9.17, 15) is 0 Å². The van der Waals surface area contributed by atoms with Crippen molar-refractivity contribution in [3.63, 3.8) is 0 Å². The van der Waals surface area contributed by atoms with Gasteiger partial charge in [-0.05, 0) is 58.7 Å². The fourth-order valence-electron chi connectivity index (χ4n) is 2.54. The molecule has 0 amide bonds. The number of hydrogen-bond acceptors (Lipinski definition) is 2. The van der Waals surface area contributed by atoms with Crippen LogP contribution in [0.1, 0.15) is 46.5 Å². The molecule has 2 N–H and O–H groups in total. The lowest BCUT2D eigenvalue weighted by Gasteiger charge is -2.45. The molecule has 0 spiro atoms. The number of likely N-dealkylation sites (tertiary alicyclic amines) is 1. The van der Waals surface area contributed by atoms with E-state index >= 15 is 0 Å². The number of nitrogens with two attached hydrogens (primary N) is 1. The minimum atomic E-state index is 0.372. The van der Waals surface area contributed by atoms with E-state index in [0.29, 0.717) is 5.54 Å². The molecule has 1 rings (SSSR count). The van der Waals surface area contributed by atoms with Gasteiger partial charge in [-0.1, -0.05) is 13.3 Å². The van der Waals surface area contributed by atoms with Gasteiger partial charge in [-0.15, -0.1) is 0 Å². The van der Waals surface area contributed by atoms with Crippen LogP contribution in [0.3, 0.4) is 0 Å². The van der Waals surface area contributed by atoms with E-state index < -0.39 is 0 Å². The van der Waals surface area contributed by atoms with Gasteiger partial charge in [0.05, 0.1) is 0 Å². The third kappa shape index (κ3) is 2.96. The summed E-state index contributed by atoms with van der Waals surface area (Å²) in [5.41, 5.74) is 6.12. The van der Waals surface area contributed by atoms with Crippen LogP contribution in [0.4, 0.5) is 0 Å². The van der Waals surface area contributed by atoms with Crippen molar-refractivity contribution in [3.05, 3.63) is 0 Å². The monoisotopic (exact) mass is 198 g/mol. The maximum Gasteiger partial charge on any atom is 0.0156 e. The molecule has 0 aromatic carbocycles. The van der Waals surface area contributed by atoms with Crippen molar-refractivity contribution >= 4 is 0 Å². The molecule has 84 valence electrons. The molecule has 1 unspecified atom stereocenters. The third-order valence-corrected chi connectivity index (χ3v) is 3.57. The summed E-state index contributed by atoms with van der Waals surface area (Å²) in [5, 5.41) is 0. The predicted molar refractivity (Wildman–Crippen MR) is 62.3 cm³/mol. The summed E-state index contributed by atoms with van der Waals surface area (Å²) >= 11 is 0. The molecule has 1 atom stereocenters. The SMILES string of the molecule is CCCCN1CCC(CN)CC1(C)C. The highest BCUT2D eigenvalue weighted by Gasteiger charge is 2.33. The topological polar surface area (TPSA) is 29.3 Å². The Kier molecular flexibility index (Phi) is 4.39. The number of piperidine rings is 1. The van der Waals surface area contributed by atoms with Crippen LogP contribution < -0.4 is 5.73 Å². The van der Waals surface area contributed by atoms with Crippen molar-refractivity contribution in [2.24, 2.45) is 11.7 Å². The lowest BCUT2D eigenvalue weighted by molar-refractivity contribution is 0.0479. The second-order valence-electron chi connectivity index (χ2n) is 5.25. The van der Waals surface area contributed by atoms with Gasteiger partial charge in [0, 0.05) is 5.54 Å². The highest BCUT2D eigenvalue weighted by atomic mass is 15.2. The van der Waals surface area contributed by atoms with Crippen LogP contribution in [0.5, 0.6) is 0 Å². The Bertz CT molecular complexity index is 166. The number of hydrogen-bond donors (Lipinski definition) is 1. The van der Waals surface area contributed by atoms with Crippen LogP contribution in [0.15, 0.2) is 0 Å². The van der Waals surface area contributed by atoms with E-state index in [1.165, 1.54) is 38.8 Å². The average Bonchev–Trinajstić information content (AvgIpc) is 2.15. The first-order valence-electron chi connectivity index (χ1n) is 6.05. The summed E-state index contributed by atoms with van der Waals surface area (Å²) in [6.45, 7) is 10.4. The molecule has 1 aliphatic heterocycles. The Morgan fingerprint density at radius 3 is 2.64 bits per heavy atom. The average molecular weight is 198 g/mol. The van der Waals surface area contributed by atoms with E-state index in [2.05, 4.69) is 25.7 Å². The van der Waals surface area contributed by atoms with E-state index in [0.717, 1.165) is 12.5 Å². The van der Waals surface area contributed by atoms with Crippen LogP contribution in [0.2, 0.25) is 0 Å². The van der Waals surface area contributed by atoms with Gasteiger partial charge in [-0.3, -0.25) is 4.90 Å². The Morgan fingerprint density at radius 2 is 2.14 bits per heavy atom. The number of unbranched alkanes of at least 4 members (excludes halogenated alkanes) is 1. The molecule has 14 heavy (non-hydrogen) atoms. The zero-order valence-corrected chi connectivity index (χ0v) is 10.1. The Morgan fingerprint density at radius 1 is 1.43 bits per heavy atom. The molecular weight excluding hydrogens is 172 g/mol. The fourth-order valence-corrected chi connectivity index (χ4v) is 2.54. The highest BCUT2D eigenvalue weighted by Crippen LogP contribution is 2.30. The quantitative estimate of drug-likeness (QED) is 0.750. The van der Waals surface area contributed by atoms with Crippen molar-refractivity contribution in [2.45, 2.75) is 52.0 Å². The largest absolute Gasteiger partial charge is 0.330 e. The minimum absolute atomic E-state index is 0.372. The first kappa shape index (κ1) is 12.0. The molecule has 0 bridgehead atoms. The van der Waals surface area contributed by atoms with Gasteiger partial charge >= 0.3 is 0 Å². The maximum absolute atomic E-state index is 5.75. The third-order valence-electron chi connectivity index (χ3n) is 3.57. The van der Waals surface area contributed by atoms with Gasteiger partial charge < -0.3 is 5.73 Å². The maximum atomic E-state index is 5.75. The molecule has 1 heterocycles. The van der Waals surface area contributed by atoms with E-state index in [4.69, 9.17) is 5.73 Å². The Labute approximate surface area is 88.8 Å². The first-order valence-corrected chi connectivity index (χ1v) is 6.05. The van der Waals surface area contributed by atoms with Crippen LogP contribution >= 0.6 is 0 Å². The molecule has 0 radical (unpaired) electrons. The molecule has 1 fully saturated rings. The van der Waals surface area contributed by atoms with Crippen LogP contribution in [-0.2, 0) is 0 Å². The summed E-state index contributed by atoms with van der Waals surface area (Å²) in [7, 11) is 0. The standard InChI is InChI=1S/C12H26N2/c1-4-5-7-14-8-6-11(10-13)9-12(14,2)3/h11H,4-10,13H2,1-3H3. The molecule has 2 nitrogen and oxygen atoms in total. The van der Waals surface area contributed by atoms with E-state index in [1.54, 1.807) is 0 Å². The van der Waals surface area contributed by atoms with Gasteiger partial charge in [-0.2, -0.15) is 0 Å². The number of nitrogens with zero attached hydrogens (tertiary/aromatic N) is 1. The van der Waals surface area contributed by atoms with Crippen molar-refractivity contribution < 1.29 is 0 Å². The van der Waals surface area contributed by atoms with Gasteiger partial charge in [-0.25, -0.2) is 0 Å². The lowest BCUT2D eigenvalue weighted by atomic mass is 9.82. The van der Waals surface area contributed by atoms with Crippen molar-refractivity contribution in [1.29, 1.82) is 0 Å². The Balaban J connectivity index is 2.45. The molecule has 0 aromatic heterocycles. The van der Waals surface area contributed by atoms with Gasteiger partial charge in [0.1, 0.15) is 0 Å². The van der Waals surface area contributed by atoms with E-state index in [1.807, 2.05) is 0 Å². The molecule has 0 aromatic rings. The molecule has 0 aliphatic carbocycles.